The molecule has 0 aromatic heterocycles. The second-order valence-electron chi connectivity index (χ2n) is 3.96. The van der Waals surface area contributed by atoms with Gasteiger partial charge in [0.05, 0.1) is 7.11 Å². The number of methoxy groups -OCH3 is 1. The first-order valence-corrected chi connectivity index (χ1v) is 6.11. The molecule has 0 aliphatic heterocycles. The highest BCUT2D eigenvalue weighted by atomic mass is 16.5. The van der Waals surface area contributed by atoms with E-state index in [1.807, 2.05) is 12.1 Å². The molecule has 0 fully saturated rings. The topological polar surface area (TPSA) is 9.23 Å². The number of ether oxygens (including phenoxy) is 1. The van der Waals surface area contributed by atoms with Crippen LogP contribution >= 0.6 is 0 Å². The smallest absolute Gasteiger partial charge is 0.122 e. The predicted octanol–water partition coefficient (Wildman–Crippen LogP) is 4.55. The standard InChI is InChI=1S/C15H22O/c1-4-6-7-10-13(5-2)14-11-8-9-12-15(14)16-3/h6-9,11-13H,4-5,10H2,1-3H3/b7-6-. The Morgan fingerprint density at radius 1 is 1.19 bits per heavy atom. The van der Waals surface area contributed by atoms with Crippen molar-refractivity contribution in [3.63, 3.8) is 0 Å². The zero-order valence-corrected chi connectivity index (χ0v) is 10.6. The minimum atomic E-state index is 0.568. The molecule has 1 unspecified atom stereocenters. The summed E-state index contributed by atoms with van der Waals surface area (Å²) in [4.78, 5) is 0. The van der Waals surface area contributed by atoms with Crippen molar-refractivity contribution in [2.24, 2.45) is 0 Å². The molecule has 0 bridgehead atoms. The van der Waals surface area contributed by atoms with Crippen molar-refractivity contribution in [3.05, 3.63) is 42.0 Å². The number of hydrogen-bond donors (Lipinski definition) is 0. The summed E-state index contributed by atoms with van der Waals surface area (Å²) < 4.78 is 5.41. The van der Waals surface area contributed by atoms with E-state index in [1.165, 1.54) is 5.56 Å². The van der Waals surface area contributed by atoms with Crippen LogP contribution in [-0.2, 0) is 0 Å². The maximum atomic E-state index is 5.41. The highest BCUT2D eigenvalue weighted by Crippen LogP contribution is 2.31. The summed E-state index contributed by atoms with van der Waals surface area (Å²) in [5, 5.41) is 0. The molecule has 0 heterocycles. The Kier molecular flexibility index (Phi) is 5.69. The van der Waals surface area contributed by atoms with Gasteiger partial charge in [-0.2, -0.15) is 0 Å². The number of hydrogen-bond acceptors (Lipinski definition) is 1. The van der Waals surface area contributed by atoms with Gasteiger partial charge in [-0.1, -0.05) is 44.2 Å². The summed E-state index contributed by atoms with van der Waals surface area (Å²) in [6.45, 7) is 4.40. The van der Waals surface area contributed by atoms with Crippen LogP contribution in [0.25, 0.3) is 0 Å². The van der Waals surface area contributed by atoms with Gasteiger partial charge in [-0.3, -0.25) is 0 Å². The number of para-hydroxylation sites is 1. The molecule has 1 atom stereocenters. The molecule has 0 saturated carbocycles. The molecule has 1 aromatic carbocycles. The largest absolute Gasteiger partial charge is 0.496 e. The molecular weight excluding hydrogens is 196 g/mol. The molecule has 0 aliphatic rings. The first kappa shape index (κ1) is 12.8. The molecule has 0 spiro atoms. The van der Waals surface area contributed by atoms with Crippen molar-refractivity contribution in [3.8, 4) is 5.75 Å². The van der Waals surface area contributed by atoms with E-state index >= 15 is 0 Å². The number of allylic oxidation sites excluding steroid dienone is 2. The molecule has 16 heavy (non-hydrogen) atoms. The van der Waals surface area contributed by atoms with Crippen molar-refractivity contribution < 1.29 is 4.74 Å². The van der Waals surface area contributed by atoms with Crippen LogP contribution in [0.15, 0.2) is 36.4 Å². The normalized spacial score (nSPS) is 12.9. The highest BCUT2D eigenvalue weighted by Gasteiger charge is 2.11. The number of rotatable bonds is 6. The van der Waals surface area contributed by atoms with Crippen molar-refractivity contribution in [1.82, 2.24) is 0 Å². The van der Waals surface area contributed by atoms with Gasteiger partial charge in [-0.15, -0.1) is 0 Å². The monoisotopic (exact) mass is 218 g/mol. The molecule has 0 N–H and O–H groups in total. The van der Waals surface area contributed by atoms with Gasteiger partial charge in [0.2, 0.25) is 0 Å². The van der Waals surface area contributed by atoms with Crippen LogP contribution in [-0.4, -0.2) is 7.11 Å². The Labute approximate surface area is 99.1 Å². The maximum Gasteiger partial charge on any atom is 0.122 e. The van der Waals surface area contributed by atoms with Crippen LogP contribution in [0.1, 0.15) is 44.6 Å². The third-order valence-corrected chi connectivity index (χ3v) is 2.89. The summed E-state index contributed by atoms with van der Waals surface area (Å²) in [7, 11) is 1.74. The summed E-state index contributed by atoms with van der Waals surface area (Å²) in [5.41, 5.74) is 1.33. The van der Waals surface area contributed by atoms with E-state index in [2.05, 4.69) is 38.1 Å². The van der Waals surface area contributed by atoms with E-state index in [0.29, 0.717) is 5.92 Å². The van der Waals surface area contributed by atoms with Gasteiger partial charge in [0.25, 0.3) is 0 Å². The van der Waals surface area contributed by atoms with E-state index < -0.39 is 0 Å². The Morgan fingerprint density at radius 3 is 2.56 bits per heavy atom. The lowest BCUT2D eigenvalue weighted by atomic mass is 9.92. The quantitative estimate of drug-likeness (QED) is 0.637. The fourth-order valence-corrected chi connectivity index (χ4v) is 1.94. The Balaban J connectivity index is 2.81. The molecule has 1 aromatic rings. The van der Waals surface area contributed by atoms with Gasteiger partial charge in [-0.25, -0.2) is 0 Å². The molecule has 0 saturated heterocycles. The molecule has 0 radical (unpaired) electrons. The summed E-state index contributed by atoms with van der Waals surface area (Å²) in [5.74, 6) is 1.58. The lowest BCUT2D eigenvalue weighted by molar-refractivity contribution is 0.404. The van der Waals surface area contributed by atoms with Gasteiger partial charge in [0.15, 0.2) is 0 Å². The Bertz CT molecular complexity index is 328. The van der Waals surface area contributed by atoms with Gasteiger partial charge < -0.3 is 4.74 Å². The van der Waals surface area contributed by atoms with E-state index in [1.54, 1.807) is 7.11 Å². The minimum absolute atomic E-state index is 0.568. The average molecular weight is 218 g/mol. The minimum Gasteiger partial charge on any atom is -0.496 e. The van der Waals surface area contributed by atoms with Crippen LogP contribution < -0.4 is 4.74 Å². The second-order valence-corrected chi connectivity index (χ2v) is 3.96. The van der Waals surface area contributed by atoms with Crippen LogP contribution in [0.4, 0.5) is 0 Å². The van der Waals surface area contributed by atoms with E-state index in [0.717, 1.165) is 25.0 Å². The average Bonchev–Trinajstić information content (AvgIpc) is 2.35. The highest BCUT2D eigenvalue weighted by molar-refractivity contribution is 5.36. The lowest BCUT2D eigenvalue weighted by Gasteiger charge is -2.16. The van der Waals surface area contributed by atoms with Crippen molar-refractivity contribution in [2.75, 3.05) is 7.11 Å². The molecule has 0 aliphatic carbocycles. The van der Waals surface area contributed by atoms with Crippen LogP contribution in [0.3, 0.4) is 0 Å². The van der Waals surface area contributed by atoms with E-state index in [-0.39, 0.29) is 0 Å². The Morgan fingerprint density at radius 2 is 1.94 bits per heavy atom. The zero-order chi connectivity index (χ0) is 11.8. The predicted molar refractivity (Wildman–Crippen MR) is 70.1 cm³/mol. The fourth-order valence-electron chi connectivity index (χ4n) is 1.94. The van der Waals surface area contributed by atoms with Gasteiger partial charge in [0.1, 0.15) is 5.75 Å². The molecule has 1 nitrogen and oxygen atoms in total. The van der Waals surface area contributed by atoms with Gasteiger partial charge in [-0.05, 0) is 36.8 Å². The lowest BCUT2D eigenvalue weighted by Crippen LogP contribution is -1.99. The molecule has 1 heteroatoms. The number of benzene rings is 1. The first-order chi connectivity index (χ1) is 7.83. The molecule has 0 amide bonds. The van der Waals surface area contributed by atoms with E-state index in [9.17, 15) is 0 Å². The molecule has 88 valence electrons. The third-order valence-electron chi connectivity index (χ3n) is 2.89. The summed E-state index contributed by atoms with van der Waals surface area (Å²) in [6.07, 6.45) is 7.88. The first-order valence-electron chi connectivity index (χ1n) is 6.11. The van der Waals surface area contributed by atoms with Crippen molar-refractivity contribution in [2.45, 2.75) is 39.0 Å². The van der Waals surface area contributed by atoms with E-state index in [4.69, 9.17) is 4.74 Å². The van der Waals surface area contributed by atoms with Crippen LogP contribution in [0.2, 0.25) is 0 Å². The van der Waals surface area contributed by atoms with Crippen molar-refractivity contribution in [1.29, 1.82) is 0 Å². The third kappa shape index (κ3) is 3.41. The summed E-state index contributed by atoms with van der Waals surface area (Å²) in [6, 6.07) is 8.33. The van der Waals surface area contributed by atoms with Crippen LogP contribution in [0.5, 0.6) is 5.75 Å². The molecular formula is C15H22O. The van der Waals surface area contributed by atoms with Gasteiger partial charge >= 0.3 is 0 Å². The maximum absolute atomic E-state index is 5.41. The molecule has 1 rings (SSSR count). The van der Waals surface area contributed by atoms with Crippen molar-refractivity contribution >= 4 is 0 Å². The van der Waals surface area contributed by atoms with Gasteiger partial charge in [0, 0.05) is 0 Å². The fraction of sp³-hybridized carbons (Fsp3) is 0.467. The summed E-state index contributed by atoms with van der Waals surface area (Å²) >= 11 is 0. The Hall–Kier alpha value is -1.24. The zero-order valence-electron chi connectivity index (χ0n) is 10.6. The second kappa shape index (κ2) is 7.10. The van der Waals surface area contributed by atoms with Crippen LogP contribution in [0, 0.1) is 0 Å². The SMILES string of the molecule is CC/C=C\CC(CC)c1ccccc1OC.